The van der Waals surface area contributed by atoms with Crippen molar-refractivity contribution in [1.82, 2.24) is 0 Å². The first kappa shape index (κ1) is 64.0. The number of esters is 4. The van der Waals surface area contributed by atoms with E-state index in [4.69, 9.17) is 28.4 Å². The normalized spacial score (nSPS) is 11.8. The largest absolute Gasteiger partial charge is 0.494 e. The summed E-state index contributed by atoms with van der Waals surface area (Å²) in [7, 11) is 0. The van der Waals surface area contributed by atoms with Crippen LogP contribution in [0.4, 0.5) is 0 Å². The van der Waals surface area contributed by atoms with Gasteiger partial charge in [-0.15, -0.1) is 0 Å². The van der Waals surface area contributed by atoms with Gasteiger partial charge in [0.15, 0.2) is 0 Å². The third kappa shape index (κ3) is 23.7. The minimum absolute atomic E-state index is 0.197. The fraction of sp³-hybridized carbons (Fsp3) is 0.444. The topological polar surface area (TPSA) is 124 Å². The molecule has 6 rings (SSSR count). The lowest BCUT2D eigenvalue weighted by Gasteiger charge is -2.14. The van der Waals surface area contributed by atoms with Crippen molar-refractivity contribution in [3.8, 4) is 45.3 Å². The van der Waals surface area contributed by atoms with E-state index in [1.807, 2.05) is 86.6 Å². The smallest absolute Gasteiger partial charge is 0.343 e. The van der Waals surface area contributed by atoms with Crippen molar-refractivity contribution in [1.29, 1.82) is 0 Å². The van der Waals surface area contributed by atoms with Crippen molar-refractivity contribution in [3.63, 3.8) is 0 Å². The monoisotopic (exact) mass is 1110 g/mol. The Kier molecular flexibility index (Phi) is 28.9. The number of ether oxygens (including phenoxy) is 6. The minimum Gasteiger partial charge on any atom is -0.494 e. The molecular weight excluding hydrogens is 1020 g/mol. The predicted molar refractivity (Wildman–Crippen MR) is 329 cm³/mol. The second-order valence-corrected chi connectivity index (χ2v) is 21.8. The van der Waals surface area contributed by atoms with E-state index in [9.17, 15) is 19.2 Å². The van der Waals surface area contributed by atoms with E-state index >= 15 is 0 Å². The molecule has 0 aliphatic carbocycles. The minimum atomic E-state index is -0.472. The fourth-order valence-electron chi connectivity index (χ4n) is 9.78. The first-order valence-corrected chi connectivity index (χ1v) is 30.8. The molecule has 10 heteroatoms. The molecule has 0 N–H and O–H groups in total. The lowest BCUT2D eigenvalue weighted by atomic mass is 10.0. The summed E-state index contributed by atoms with van der Waals surface area (Å²) in [6.45, 7) is 9.78. The van der Waals surface area contributed by atoms with E-state index in [0.717, 1.165) is 111 Å². The Bertz CT molecular complexity index is 2560. The highest BCUT2D eigenvalue weighted by atomic mass is 16.6. The molecule has 438 valence electrons. The van der Waals surface area contributed by atoms with Gasteiger partial charge in [-0.3, -0.25) is 0 Å². The second kappa shape index (κ2) is 37.0. The molecule has 82 heavy (non-hydrogen) atoms. The molecule has 0 saturated carbocycles. The Balaban J connectivity index is 0.744. The molecule has 0 spiro atoms. The van der Waals surface area contributed by atoms with Gasteiger partial charge in [0.2, 0.25) is 0 Å². The van der Waals surface area contributed by atoms with E-state index in [2.05, 4.69) is 13.8 Å². The van der Waals surface area contributed by atoms with Crippen LogP contribution in [-0.4, -0.2) is 49.3 Å². The fourth-order valence-corrected chi connectivity index (χ4v) is 9.78. The van der Waals surface area contributed by atoms with E-state index in [0.29, 0.717) is 33.8 Å². The van der Waals surface area contributed by atoms with Crippen molar-refractivity contribution in [3.05, 3.63) is 168 Å². The van der Waals surface area contributed by atoms with Gasteiger partial charge in [-0.2, -0.15) is 0 Å². The van der Waals surface area contributed by atoms with Gasteiger partial charge >= 0.3 is 23.9 Å². The van der Waals surface area contributed by atoms with Gasteiger partial charge < -0.3 is 28.4 Å². The van der Waals surface area contributed by atoms with Crippen molar-refractivity contribution >= 4 is 23.9 Å². The van der Waals surface area contributed by atoms with Gasteiger partial charge in [-0.1, -0.05) is 178 Å². The third-order valence-electron chi connectivity index (χ3n) is 14.8. The average Bonchev–Trinajstić information content (AvgIpc) is 3.62. The third-order valence-corrected chi connectivity index (χ3v) is 14.8. The van der Waals surface area contributed by atoms with Gasteiger partial charge in [-0.05, 0) is 172 Å². The van der Waals surface area contributed by atoms with Crippen LogP contribution in [0.15, 0.2) is 146 Å². The van der Waals surface area contributed by atoms with E-state index in [1.54, 1.807) is 72.8 Å². The molecule has 0 amide bonds. The summed E-state index contributed by atoms with van der Waals surface area (Å²) in [6, 6.07) is 43.7. The highest BCUT2D eigenvalue weighted by molar-refractivity contribution is 5.93. The molecule has 0 unspecified atom stereocenters. The highest BCUT2D eigenvalue weighted by Gasteiger charge is 2.17. The van der Waals surface area contributed by atoms with E-state index in [-0.39, 0.29) is 24.1 Å². The zero-order valence-electron chi connectivity index (χ0n) is 49.5. The highest BCUT2D eigenvalue weighted by Crippen LogP contribution is 2.27. The number of rotatable bonds is 39. The van der Waals surface area contributed by atoms with Gasteiger partial charge in [0.1, 0.15) is 23.0 Å². The Hall–Kier alpha value is -7.20. The molecular formula is C72H90O10. The number of hydrogen-bond donors (Lipinski definition) is 0. The summed E-state index contributed by atoms with van der Waals surface area (Å²) < 4.78 is 34.5. The number of hydrogen-bond acceptors (Lipinski definition) is 10. The van der Waals surface area contributed by atoms with Crippen LogP contribution in [0.1, 0.15) is 223 Å². The van der Waals surface area contributed by atoms with Gasteiger partial charge in [0.25, 0.3) is 0 Å². The van der Waals surface area contributed by atoms with Crippen LogP contribution >= 0.6 is 0 Å². The molecule has 6 aromatic carbocycles. The molecule has 0 fully saturated rings. The molecule has 0 heterocycles. The van der Waals surface area contributed by atoms with Crippen molar-refractivity contribution < 1.29 is 47.6 Å². The van der Waals surface area contributed by atoms with Crippen LogP contribution in [0.5, 0.6) is 23.0 Å². The van der Waals surface area contributed by atoms with Crippen LogP contribution in [-0.2, 0) is 9.47 Å². The summed E-state index contributed by atoms with van der Waals surface area (Å²) in [4.78, 5) is 51.6. The Labute approximate surface area is 489 Å². The predicted octanol–water partition coefficient (Wildman–Crippen LogP) is 19.4. The number of carbonyl (C=O) groups excluding carboxylic acids is 4. The quantitative estimate of drug-likeness (QED) is 0.0209. The summed E-state index contributed by atoms with van der Waals surface area (Å²) in [5.41, 5.74) is 5.75. The first-order valence-electron chi connectivity index (χ1n) is 30.8. The number of carbonyl (C=O) groups is 4. The summed E-state index contributed by atoms with van der Waals surface area (Å²) in [5.74, 6) is 0.705. The summed E-state index contributed by atoms with van der Waals surface area (Å²) in [5, 5.41) is 0. The lowest BCUT2D eigenvalue weighted by molar-refractivity contribution is 0.0309. The molecule has 0 aromatic heterocycles. The van der Waals surface area contributed by atoms with Gasteiger partial charge in [0, 0.05) is 0 Å². The Morgan fingerprint density at radius 3 is 0.854 bits per heavy atom. The van der Waals surface area contributed by atoms with Crippen LogP contribution in [0, 0.1) is 0 Å². The molecule has 2 atom stereocenters. The maximum atomic E-state index is 12.9. The number of unbranched alkanes of at least 4 members (excludes halogenated alkanes) is 19. The molecule has 6 aromatic rings. The first-order chi connectivity index (χ1) is 40.1. The standard InChI is InChI=1S/C72H90O10/c1-5-7-9-11-21-25-53-77-65-45-37-59(38-46-65)57-29-33-61(34-30-57)71(75)81-67-49-41-63(42-50-67)69(73)79-55(3)27-23-19-17-15-13-14-16-18-20-24-28-56(4)80-70(74)64-43-51-68(52-44-64)82-72(76)62-35-31-58(32-36-62)60-39-47-66(48-40-60)78-54-26-22-12-10-8-6-2/h29-52,55-56H,5-28,53-54H2,1-4H3/t55-,56-/m0/s1. The Morgan fingerprint density at radius 2 is 0.537 bits per heavy atom. The maximum absolute atomic E-state index is 12.9. The molecule has 0 aliphatic rings. The Morgan fingerprint density at radius 1 is 0.293 bits per heavy atom. The van der Waals surface area contributed by atoms with Crippen molar-refractivity contribution in [2.45, 2.75) is 194 Å². The molecule has 0 aliphatic heterocycles. The second-order valence-electron chi connectivity index (χ2n) is 21.8. The zero-order valence-corrected chi connectivity index (χ0v) is 49.5. The molecule has 0 saturated heterocycles. The van der Waals surface area contributed by atoms with E-state index < -0.39 is 11.9 Å². The SMILES string of the molecule is CCCCCCCCOc1ccc(-c2ccc(C(=O)Oc3ccc(C(=O)O[C@@H](C)CCCCCCCCCCCC[C@H](C)OC(=O)c4ccc(OC(=O)c5ccc(-c6ccc(OCCCCCCCC)cc6)cc5)cc4)cc3)cc2)cc1. The van der Waals surface area contributed by atoms with E-state index in [1.165, 1.54) is 89.9 Å². The summed E-state index contributed by atoms with van der Waals surface area (Å²) in [6.07, 6.45) is 27.3. The van der Waals surface area contributed by atoms with Crippen LogP contribution in [0.3, 0.4) is 0 Å². The van der Waals surface area contributed by atoms with Crippen LogP contribution in [0.2, 0.25) is 0 Å². The van der Waals surface area contributed by atoms with Crippen molar-refractivity contribution in [2.24, 2.45) is 0 Å². The molecule has 0 radical (unpaired) electrons. The van der Waals surface area contributed by atoms with Gasteiger partial charge in [0.05, 0.1) is 47.7 Å². The number of benzene rings is 6. The maximum Gasteiger partial charge on any atom is 0.343 e. The lowest BCUT2D eigenvalue weighted by Crippen LogP contribution is -2.15. The molecule has 10 nitrogen and oxygen atoms in total. The summed E-state index contributed by atoms with van der Waals surface area (Å²) >= 11 is 0. The zero-order chi connectivity index (χ0) is 58.0. The van der Waals surface area contributed by atoms with Crippen LogP contribution < -0.4 is 18.9 Å². The average molecular weight is 1120 g/mol. The van der Waals surface area contributed by atoms with Gasteiger partial charge in [-0.25, -0.2) is 19.2 Å². The van der Waals surface area contributed by atoms with Crippen molar-refractivity contribution in [2.75, 3.05) is 13.2 Å². The van der Waals surface area contributed by atoms with Crippen LogP contribution in [0.25, 0.3) is 22.3 Å². The molecule has 0 bridgehead atoms.